The second kappa shape index (κ2) is 10.9. The molecule has 10 heteroatoms. The van der Waals surface area contributed by atoms with Gasteiger partial charge >= 0.3 is 0 Å². The Morgan fingerprint density at radius 1 is 1.20 bits per heavy atom. The SMILES string of the molecule is C=C(CCN(Cc1ccc(Cl)c(F)c1)S(=O)(=O)c1ccccc1)C1=N[C@@H](C(=O)N2CCC3(CCC3)C2)C(C)(C)N1. The van der Waals surface area contributed by atoms with Crippen LogP contribution in [0, 0.1) is 11.2 Å². The number of rotatable bonds is 9. The molecule has 2 aromatic rings. The molecule has 1 saturated heterocycles. The molecule has 40 heavy (non-hydrogen) atoms. The standard InChI is InChI=1S/C30H36ClFN4O3S/c1-21(27-33-26(29(2,3)34-27)28(37)35-17-15-30(20-35)13-7-14-30)12-16-36(19-22-10-11-24(31)25(32)18-22)40(38,39)23-8-5-4-6-9-23/h4-6,8-11,18,26H,1,7,12-17,19-20H2,2-3H3,(H,33,34)/t26-/m0/s1. The highest BCUT2D eigenvalue weighted by atomic mass is 35.5. The van der Waals surface area contributed by atoms with E-state index in [1.54, 1.807) is 24.3 Å². The van der Waals surface area contributed by atoms with E-state index in [4.69, 9.17) is 16.6 Å². The quantitative estimate of drug-likeness (QED) is 0.440. The fraction of sp³-hybridized carbons (Fsp3) is 0.467. The molecule has 5 rings (SSSR count). The minimum absolute atomic E-state index is 0.0246. The van der Waals surface area contributed by atoms with Gasteiger partial charge in [-0.3, -0.25) is 9.79 Å². The van der Waals surface area contributed by atoms with Gasteiger partial charge in [-0.15, -0.1) is 0 Å². The molecule has 1 atom stereocenters. The van der Waals surface area contributed by atoms with Crippen LogP contribution in [-0.4, -0.2) is 60.6 Å². The van der Waals surface area contributed by atoms with Gasteiger partial charge in [-0.05, 0) is 80.3 Å². The van der Waals surface area contributed by atoms with Crippen LogP contribution in [0.3, 0.4) is 0 Å². The van der Waals surface area contributed by atoms with Gasteiger partial charge in [-0.25, -0.2) is 12.8 Å². The van der Waals surface area contributed by atoms with E-state index in [0.29, 0.717) is 22.4 Å². The smallest absolute Gasteiger partial charge is 0.249 e. The van der Waals surface area contributed by atoms with Crippen molar-refractivity contribution in [1.82, 2.24) is 14.5 Å². The lowest BCUT2D eigenvalue weighted by molar-refractivity contribution is -0.133. The molecule has 0 radical (unpaired) electrons. The number of carbonyl (C=O) groups is 1. The summed E-state index contributed by atoms with van der Waals surface area (Å²) in [4.78, 5) is 20.4. The molecule has 214 valence electrons. The Labute approximate surface area is 241 Å². The number of amidine groups is 1. The molecule has 0 aromatic heterocycles. The van der Waals surface area contributed by atoms with E-state index in [1.807, 2.05) is 18.7 Å². The molecule has 1 N–H and O–H groups in total. The van der Waals surface area contributed by atoms with E-state index < -0.39 is 27.4 Å². The number of benzene rings is 2. The predicted octanol–water partition coefficient (Wildman–Crippen LogP) is 5.17. The Bertz CT molecular complexity index is 1440. The van der Waals surface area contributed by atoms with Crippen molar-refractivity contribution in [3.63, 3.8) is 0 Å². The fourth-order valence-electron chi connectivity index (χ4n) is 5.87. The maximum atomic E-state index is 14.2. The van der Waals surface area contributed by atoms with Crippen molar-refractivity contribution in [2.45, 2.75) is 69.0 Å². The highest BCUT2D eigenvalue weighted by Gasteiger charge is 2.49. The van der Waals surface area contributed by atoms with Crippen LogP contribution in [0.1, 0.15) is 51.5 Å². The van der Waals surface area contributed by atoms with Crippen molar-refractivity contribution in [3.05, 3.63) is 77.1 Å². The number of sulfonamides is 1. The van der Waals surface area contributed by atoms with Gasteiger partial charge in [0.05, 0.1) is 15.5 Å². The first-order valence-electron chi connectivity index (χ1n) is 13.7. The first-order chi connectivity index (χ1) is 18.9. The maximum Gasteiger partial charge on any atom is 0.249 e. The number of nitrogens with one attached hydrogen (secondary N) is 1. The molecule has 1 amide bonds. The maximum absolute atomic E-state index is 14.2. The number of aliphatic imine (C=N–C) groups is 1. The molecular formula is C30H36ClFN4O3S. The summed E-state index contributed by atoms with van der Waals surface area (Å²) < 4.78 is 42.6. The van der Waals surface area contributed by atoms with E-state index in [2.05, 4.69) is 11.9 Å². The Morgan fingerprint density at radius 2 is 1.93 bits per heavy atom. The van der Waals surface area contributed by atoms with Crippen molar-refractivity contribution < 1.29 is 17.6 Å². The van der Waals surface area contributed by atoms with Crippen molar-refractivity contribution in [2.75, 3.05) is 19.6 Å². The molecule has 3 aliphatic rings. The first-order valence-corrected chi connectivity index (χ1v) is 15.5. The van der Waals surface area contributed by atoms with Gasteiger partial charge in [0, 0.05) is 26.2 Å². The van der Waals surface area contributed by atoms with Crippen LogP contribution < -0.4 is 5.32 Å². The van der Waals surface area contributed by atoms with Crippen molar-refractivity contribution in [3.8, 4) is 0 Å². The number of hydrogen-bond donors (Lipinski definition) is 1. The van der Waals surface area contributed by atoms with Gasteiger partial charge in [0.25, 0.3) is 0 Å². The topological polar surface area (TPSA) is 82.1 Å². The van der Waals surface area contributed by atoms with Gasteiger partial charge in [0.1, 0.15) is 11.7 Å². The Kier molecular flexibility index (Phi) is 7.85. The van der Waals surface area contributed by atoms with Crippen LogP contribution in [0.15, 0.2) is 70.6 Å². The highest BCUT2D eigenvalue weighted by Crippen LogP contribution is 2.48. The predicted molar refractivity (Wildman–Crippen MR) is 155 cm³/mol. The third kappa shape index (κ3) is 5.69. The average molecular weight is 587 g/mol. The summed E-state index contributed by atoms with van der Waals surface area (Å²) in [5.41, 5.74) is 0.796. The molecule has 0 bridgehead atoms. The third-order valence-corrected chi connectivity index (χ3v) is 10.7. The molecule has 1 saturated carbocycles. The number of nitrogens with zero attached hydrogens (tertiary/aromatic N) is 3. The number of amides is 1. The van der Waals surface area contributed by atoms with E-state index in [0.717, 1.165) is 19.5 Å². The minimum atomic E-state index is -3.89. The monoisotopic (exact) mass is 586 g/mol. The van der Waals surface area contributed by atoms with Crippen molar-refractivity contribution in [1.29, 1.82) is 0 Å². The minimum Gasteiger partial charge on any atom is -0.363 e. The molecule has 1 aliphatic carbocycles. The van der Waals surface area contributed by atoms with Crippen LogP contribution in [-0.2, 0) is 21.4 Å². The summed E-state index contributed by atoms with van der Waals surface area (Å²) in [6, 6.07) is 11.8. The summed E-state index contributed by atoms with van der Waals surface area (Å²) in [7, 11) is -3.89. The van der Waals surface area contributed by atoms with Crippen LogP contribution in [0.4, 0.5) is 4.39 Å². The van der Waals surface area contributed by atoms with Gasteiger partial charge in [0.15, 0.2) is 6.04 Å². The lowest BCUT2D eigenvalue weighted by Gasteiger charge is -2.38. The zero-order valence-corrected chi connectivity index (χ0v) is 24.6. The van der Waals surface area contributed by atoms with Gasteiger partial charge in [-0.2, -0.15) is 4.31 Å². The van der Waals surface area contributed by atoms with E-state index in [1.165, 1.54) is 47.8 Å². The van der Waals surface area contributed by atoms with Crippen molar-refractivity contribution in [2.24, 2.45) is 10.4 Å². The summed E-state index contributed by atoms with van der Waals surface area (Å²) in [5.74, 6) is -0.0538. The molecule has 2 fully saturated rings. The largest absolute Gasteiger partial charge is 0.363 e. The average Bonchev–Trinajstić information content (AvgIpc) is 3.50. The van der Waals surface area contributed by atoms with Crippen LogP contribution in [0.25, 0.3) is 0 Å². The van der Waals surface area contributed by atoms with Gasteiger partial charge in [0.2, 0.25) is 15.9 Å². The summed E-state index contributed by atoms with van der Waals surface area (Å²) in [5, 5.41) is 3.34. The number of carbonyl (C=O) groups excluding carboxylic acids is 1. The van der Waals surface area contributed by atoms with E-state index in [-0.39, 0.29) is 35.3 Å². The lowest BCUT2D eigenvalue weighted by Crippen LogP contribution is -2.52. The van der Waals surface area contributed by atoms with E-state index >= 15 is 0 Å². The first kappa shape index (κ1) is 28.8. The second-order valence-corrected chi connectivity index (χ2v) is 14.2. The number of halogens is 2. The highest BCUT2D eigenvalue weighted by molar-refractivity contribution is 7.89. The Morgan fingerprint density at radius 3 is 2.55 bits per heavy atom. The molecule has 2 heterocycles. The molecule has 2 aliphatic heterocycles. The third-order valence-electron chi connectivity index (χ3n) is 8.50. The lowest BCUT2D eigenvalue weighted by atomic mass is 9.68. The zero-order valence-electron chi connectivity index (χ0n) is 23.0. The Balaban J connectivity index is 1.31. The van der Waals surface area contributed by atoms with Crippen LogP contribution >= 0.6 is 11.6 Å². The number of hydrogen-bond acceptors (Lipinski definition) is 5. The van der Waals surface area contributed by atoms with Crippen LogP contribution in [0.5, 0.6) is 0 Å². The molecular weight excluding hydrogens is 551 g/mol. The normalized spacial score (nSPS) is 21.3. The molecule has 2 aromatic carbocycles. The summed E-state index contributed by atoms with van der Waals surface area (Å²) in [6.45, 7) is 9.72. The van der Waals surface area contributed by atoms with Gasteiger partial charge < -0.3 is 10.2 Å². The van der Waals surface area contributed by atoms with Crippen molar-refractivity contribution >= 4 is 33.4 Å². The zero-order chi connectivity index (χ0) is 28.7. The van der Waals surface area contributed by atoms with E-state index in [9.17, 15) is 17.6 Å². The fourth-order valence-corrected chi connectivity index (χ4v) is 7.43. The number of likely N-dealkylation sites (tertiary alicyclic amines) is 1. The summed E-state index contributed by atoms with van der Waals surface area (Å²) in [6.07, 6.45) is 4.97. The van der Waals surface area contributed by atoms with Gasteiger partial charge in [-0.1, -0.05) is 48.9 Å². The summed E-state index contributed by atoms with van der Waals surface area (Å²) >= 11 is 5.84. The second-order valence-electron chi connectivity index (χ2n) is 11.8. The van der Waals surface area contributed by atoms with Crippen LogP contribution in [0.2, 0.25) is 5.02 Å². The Hall–Kier alpha value is -2.75. The molecule has 7 nitrogen and oxygen atoms in total. The molecule has 0 unspecified atom stereocenters. The molecule has 1 spiro atoms.